The molecule has 290 valence electrons. The lowest BCUT2D eigenvalue weighted by Crippen LogP contribution is -2.28. The summed E-state index contributed by atoms with van der Waals surface area (Å²) in [5.41, 5.74) is -5.43. The smallest absolute Gasteiger partial charge is 0.160 e. The summed E-state index contributed by atoms with van der Waals surface area (Å²) in [5, 5.41) is 1.54. The molecule has 1 aliphatic rings. The Kier molecular flexibility index (Phi) is 4.68. The maximum atomic E-state index is 10.5. The predicted molar refractivity (Wildman–Crippen MR) is 254 cm³/mol. The van der Waals surface area contributed by atoms with Crippen LogP contribution in [0, 0.1) is 0 Å². The van der Waals surface area contributed by atoms with Gasteiger partial charge in [-0.15, -0.1) is 0 Å². The van der Waals surface area contributed by atoms with E-state index in [-0.39, 0.29) is 33.9 Å². The summed E-state index contributed by atoms with van der Waals surface area (Å²) in [6, 6.07) is 8.37. The number of hydrogen-bond donors (Lipinski definition) is 0. The Morgan fingerprint density at radius 1 is 0.387 bits per heavy atom. The largest absolute Gasteiger partial charge is 0.456 e. The third-order valence-corrected chi connectivity index (χ3v) is 11.0. The van der Waals surface area contributed by atoms with Crippen molar-refractivity contribution in [2.45, 2.75) is 5.41 Å². The molecule has 0 atom stereocenters. The Morgan fingerprint density at radius 3 is 1.74 bits per heavy atom. The lowest BCUT2D eigenvalue weighted by atomic mass is 9.67. The van der Waals surface area contributed by atoms with Gasteiger partial charge in [-0.3, -0.25) is 0 Å². The average Bonchev–Trinajstić information content (AvgIpc) is 1.49. The minimum Gasteiger partial charge on any atom is -0.456 e. The summed E-state index contributed by atoms with van der Waals surface area (Å²) in [5.74, 6) is -0.0552. The SMILES string of the molecule is [2H]c1c([2H])c([2H])c(-c2cc(-c3ccc4oc5ccccc5c4c3)cc(-c3cc(-c4c([2H])c([2H])c5c(c4[2H])C(c4c([2H])c([2H])c([2H])c([2H])c4[2H])(c4c([2H])c([2H])c([2H])c([2H])c4[2H])c4c([2H])c([2H])c([2H])c([2H])c4-5)nc(-c4ccccc4)n3)c2)c([2H])c1[2H]. The fraction of sp³-hybridized carbons (Fsp3) is 0.0169. The molecule has 0 aliphatic heterocycles. The van der Waals surface area contributed by atoms with Gasteiger partial charge in [-0.05, 0) is 104 Å². The van der Waals surface area contributed by atoms with Gasteiger partial charge in [0.25, 0.3) is 0 Å². The zero-order valence-electron chi connectivity index (χ0n) is 54.0. The lowest BCUT2D eigenvalue weighted by Gasteiger charge is -2.34. The van der Waals surface area contributed by atoms with E-state index < -0.39 is 177 Å². The normalized spacial score (nSPS) is 17.6. The molecule has 11 aromatic rings. The molecule has 3 nitrogen and oxygen atoms in total. The molecule has 62 heavy (non-hydrogen) atoms. The number of benzene rings is 9. The van der Waals surface area contributed by atoms with E-state index in [2.05, 4.69) is 0 Å². The van der Waals surface area contributed by atoms with Crippen molar-refractivity contribution < 1.29 is 34.6 Å². The zero-order valence-corrected chi connectivity index (χ0v) is 32.0. The second kappa shape index (κ2) is 14.5. The van der Waals surface area contributed by atoms with Crippen molar-refractivity contribution in [3.05, 3.63) is 252 Å². The van der Waals surface area contributed by atoms with E-state index in [0.29, 0.717) is 27.9 Å². The number of fused-ring (bicyclic) bond motifs is 6. The Hall–Kier alpha value is -8.14. The quantitative estimate of drug-likeness (QED) is 0.161. The van der Waals surface area contributed by atoms with Crippen molar-refractivity contribution in [2.24, 2.45) is 0 Å². The standard InChI is InChI=1S/C59H38N2O/c1-5-17-39(18-6-1)43-33-44(41-30-32-57-51(36-41)50-26-14-16-28-56(50)62-57)35-45(34-43)55-38-54(60-58(61-55)40-19-7-2-8-20-40)42-29-31-49-48-25-13-15-27-52(48)59(53(49)37-42,46-21-9-3-10-22-46)47-23-11-4-12-24-47/h1-38H/i1D,3D,4D,5D,6D,9D,10D,11D,12D,13D,15D,17D,18D,21D,22D,23D,24D,25D,27D,29D,31D,37D. The second-order valence-electron chi connectivity index (χ2n) is 14.4. The minimum atomic E-state index is -3.07. The molecule has 3 heteroatoms. The van der Waals surface area contributed by atoms with Gasteiger partial charge < -0.3 is 4.42 Å². The molecule has 1 aliphatic carbocycles. The molecule has 0 N–H and O–H groups in total. The molecule has 2 aromatic heterocycles. The van der Waals surface area contributed by atoms with Gasteiger partial charge in [0.2, 0.25) is 0 Å². The Balaban J connectivity index is 1.24. The van der Waals surface area contributed by atoms with Crippen molar-refractivity contribution in [3.63, 3.8) is 0 Å². The topological polar surface area (TPSA) is 38.9 Å². The van der Waals surface area contributed by atoms with E-state index in [4.69, 9.17) is 32.2 Å². The van der Waals surface area contributed by atoms with Crippen LogP contribution in [0.15, 0.2) is 234 Å². The predicted octanol–water partition coefficient (Wildman–Crippen LogP) is 15.1. The van der Waals surface area contributed by atoms with E-state index in [0.717, 1.165) is 10.8 Å². The number of furan rings is 1. The Morgan fingerprint density at radius 2 is 0.984 bits per heavy atom. The Labute approximate surface area is 391 Å². The highest BCUT2D eigenvalue weighted by atomic mass is 16.3. The number of rotatable bonds is 7. The first kappa shape index (κ1) is 19.9. The van der Waals surface area contributed by atoms with Crippen LogP contribution < -0.4 is 0 Å². The molecule has 9 aromatic carbocycles. The average molecular weight is 813 g/mol. The fourth-order valence-electron chi connectivity index (χ4n) is 8.24. The van der Waals surface area contributed by atoms with Crippen molar-refractivity contribution in [2.75, 3.05) is 0 Å². The summed E-state index contributed by atoms with van der Waals surface area (Å²) < 4.78 is 208. The monoisotopic (exact) mass is 812 g/mol. The molecule has 0 amide bonds. The first-order chi connectivity index (χ1) is 39.8. The van der Waals surface area contributed by atoms with Crippen LogP contribution >= 0.6 is 0 Å². The summed E-state index contributed by atoms with van der Waals surface area (Å²) in [7, 11) is 0. The third kappa shape index (κ3) is 5.82. The van der Waals surface area contributed by atoms with Crippen molar-refractivity contribution >= 4 is 21.9 Å². The summed E-state index contributed by atoms with van der Waals surface area (Å²) in [4.78, 5) is 9.89. The van der Waals surface area contributed by atoms with E-state index in [9.17, 15) is 12.3 Å². The molecule has 12 rings (SSSR count). The molecule has 0 bridgehead atoms. The van der Waals surface area contributed by atoms with Gasteiger partial charge in [-0.2, -0.15) is 0 Å². The fourth-order valence-corrected chi connectivity index (χ4v) is 8.24. The summed E-state index contributed by atoms with van der Waals surface area (Å²) >= 11 is 0. The summed E-state index contributed by atoms with van der Waals surface area (Å²) in [6.07, 6.45) is 0. The second-order valence-corrected chi connectivity index (χ2v) is 14.4. The molecule has 0 spiro atoms. The Bertz CT molecular complexity index is 4620. The molecule has 0 saturated heterocycles. The highest BCUT2D eigenvalue weighted by Crippen LogP contribution is 2.56. The lowest BCUT2D eigenvalue weighted by molar-refractivity contribution is 0.669. The van der Waals surface area contributed by atoms with Gasteiger partial charge in [0, 0.05) is 27.5 Å². The van der Waals surface area contributed by atoms with E-state index in [1.807, 2.05) is 30.3 Å². The number of nitrogens with zero attached hydrogens (tertiary/aromatic N) is 2. The van der Waals surface area contributed by atoms with Crippen LogP contribution in [0.3, 0.4) is 0 Å². The highest BCUT2D eigenvalue weighted by molar-refractivity contribution is 6.06. The highest BCUT2D eigenvalue weighted by Gasteiger charge is 2.46. The van der Waals surface area contributed by atoms with Crippen LogP contribution in [0.2, 0.25) is 0 Å². The molecule has 0 fully saturated rings. The van der Waals surface area contributed by atoms with E-state index >= 15 is 0 Å². The molecule has 0 unspecified atom stereocenters. The molecular formula is C59H38N2O. The molecule has 0 saturated carbocycles. The maximum Gasteiger partial charge on any atom is 0.160 e. The molecule has 2 heterocycles. The zero-order chi connectivity index (χ0) is 60.2. The van der Waals surface area contributed by atoms with Crippen LogP contribution in [0.25, 0.3) is 89.2 Å². The van der Waals surface area contributed by atoms with Gasteiger partial charge in [0.05, 0.1) is 47.0 Å². The van der Waals surface area contributed by atoms with Crippen LogP contribution in [0.4, 0.5) is 0 Å². The van der Waals surface area contributed by atoms with Gasteiger partial charge in [0.15, 0.2) is 5.82 Å². The third-order valence-electron chi connectivity index (χ3n) is 11.0. The van der Waals surface area contributed by atoms with Crippen LogP contribution in [-0.2, 0) is 5.41 Å². The number of para-hydroxylation sites is 1. The van der Waals surface area contributed by atoms with Crippen LogP contribution in [-0.4, -0.2) is 9.97 Å². The van der Waals surface area contributed by atoms with Crippen LogP contribution in [0.1, 0.15) is 52.4 Å². The summed E-state index contributed by atoms with van der Waals surface area (Å²) in [6.45, 7) is 0. The number of aromatic nitrogens is 2. The van der Waals surface area contributed by atoms with Gasteiger partial charge >= 0.3 is 0 Å². The van der Waals surface area contributed by atoms with E-state index in [1.54, 1.807) is 54.6 Å². The van der Waals surface area contributed by atoms with Crippen LogP contribution in [0.5, 0.6) is 0 Å². The first-order valence-corrected chi connectivity index (χ1v) is 19.3. The molecule has 0 radical (unpaired) electrons. The van der Waals surface area contributed by atoms with Gasteiger partial charge in [0.1, 0.15) is 11.2 Å². The number of hydrogen-bond acceptors (Lipinski definition) is 3. The van der Waals surface area contributed by atoms with Gasteiger partial charge in [-0.1, -0.05) is 181 Å². The maximum absolute atomic E-state index is 10.5. The minimum absolute atomic E-state index is 0.0281. The van der Waals surface area contributed by atoms with Crippen molar-refractivity contribution in [1.82, 2.24) is 9.97 Å². The van der Waals surface area contributed by atoms with Gasteiger partial charge in [-0.25, -0.2) is 9.97 Å². The first-order valence-electron chi connectivity index (χ1n) is 30.3. The van der Waals surface area contributed by atoms with E-state index in [1.165, 1.54) is 12.1 Å². The van der Waals surface area contributed by atoms with Crippen molar-refractivity contribution in [1.29, 1.82) is 0 Å². The van der Waals surface area contributed by atoms with Crippen molar-refractivity contribution in [3.8, 4) is 67.3 Å². The molecular weight excluding hydrogens is 753 g/mol.